The third-order valence-corrected chi connectivity index (χ3v) is 6.20. The Kier molecular flexibility index (Phi) is 4.02. The number of carbonyl (C=O) groups is 2. The van der Waals surface area contributed by atoms with Gasteiger partial charge in [0.2, 0.25) is 5.91 Å². The number of rotatable bonds is 3. The Hall–Kier alpha value is -1.95. The molecule has 2 amide bonds. The highest BCUT2D eigenvalue weighted by molar-refractivity contribution is 6.09. The molecule has 4 rings (SSSR count). The van der Waals surface area contributed by atoms with E-state index in [2.05, 4.69) is 4.90 Å². The number of amides is 2. The van der Waals surface area contributed by atoms with Crippen molar-refractivity contribution >= 4 is 11.8 Å². The number of hydrogen-bond acceptors (Lipinski definition) is 3. The summed E-state index contributed by atoms with van der Waals surface area (Å²) in [6, 6.07) is 3.08. The molecule has 0 radical (unpaired) electrons. The minimum absolute atomic E-state index is 0.00116. The average Bonchev–Trinajstić information content (AvgIpc) is 2.77. The highest BCUT2D eigenvalue weighted by Gasteiger charge is 2.42. The van der Waals surface area contributed by atoms with E-state index < -0.39 is 11.7 Å². The van der Waals surface area contributed by atoms with Crippen molar-refractivity contribution < 1.29 is 14.0 Å². The van der Waals surface area contributed by atoms with Gasteiger partial charge in [-0.1, -0.05) is 6.42 Å². The molecule has 1 atom stereocenters. The maximum atomic E-state index is 13.9. The van der Waals surface area contributed by atoms with E-state index in [1.165, 1.54) is 25.3 Å². The van der Waals surface area contributed by atoms with Crippen molar-refractivity contribution in [3.8, 4) is 0 Å². The summed E-state index contributed by atoms with van der Waals surface area (Å²) in [5.41, 5.74) is 6.26. The molecule has 3 aliphatic rings. The number of benzene rings is 1. The quantitative estimate of drug-likeness (QED) is 0.915. The van der Waals surface area contributed by atoms with Crippen LogP contribution in [-0.4, -0.2) is 46.8 Å². The number of nitrogens with two attached hydrogens (primary N) is 1. The fourth-order valence-corrected chi connectivity index (χ4v) is 4.61. The van der Waals surface area contributed by atoms with E-state index in [-0.39, 0.29) is 23.6 Å². The summed E-state index contributed by atoms with van der Waals surface area (Å²) in [7, 11) is 0. The third-order valence-electron chi connectivity index (χ3n) is 6.20. The van der Waals surface area contributed by atoms with Crippen molar-refractivity contribution in [3.05, 3.63) is 34.6 Å². The van der Waals surface area contributed by atoms with Gasteiger partial charge in [0, 0.05) is 25.2 Å². The molecule has 0 bridgehead atoms. The lowest BCUT2D eigenvalue weighted by Crippen LogP contribution is -2.50. The molecule has 6 heteroatoms. The van der Waals surface area contributed by atoms with Gasteiger partial charge < -0.3 is 15.5 Å². The highest BCUT2D eigenvalue weighted by Crippen LogP contribution is 2.40. The number of carbonyl (C=O) groups excluding carboxylic acids is 2. The minimum Gasteiger partial charge on any atom is -0.366 e. The summed E-state index contributed by atoms with van der Waals surface area (Å²) >= 11 is 0. The largest absolute Gasteiger partial charge is 0.366 e. The number of primary amides is 1. The van der Waals surface area contributed by atoms with E-state index >= 15 is 0 Å². The van der Waals surface area contributed by atoms with Crippen LogP contribution in [0.1, 0.15) is 71.3 Å². The molecule has 5 nitrogen and oxygen atoms in total. The Bertz CT molecular complexity index is 724. The first-order chi connectivity index (χ1) is 12.0. The lowest BCUT2D eigenvalue weighted by Gasteiger charge is -2.44. The molecule has 1 aliphatic carbocycles. The minimum atomic E-state index is -0.752. The van der Waals surface area contributed by atoms with Crippen LogP contribution in [0.15, 0.2) is 12.1 Å². The van der Waals surface area contributed by atoms with Gasteiger partial charge in [0.05, 0.1) is 17.2 Å². The SMILES string of the molecule is CC1c2cc(F)cc(C(N)=O)c2C(=O)N1C1CCN(C2CCC2)CC1. The predicted octanol–water partition coefficient (Wildman–Crippen LogP) is 2.46. The molecule has 2 N–H and O–H groups in total. The molecule has 2 aliphatic heterocycles. The predicted molar refractivity (Wildman–Crippen MR) is 91.7 cm³/mol. The van der Waals surface area contributed by atoms with Crippen molar-refractivity contribution in [3.63, 3.8) is 0 Å². The molecule has 1 aromatic carbocycles. The zero-order chi connectivity index (χ0) is 17.7. The number of piperidine rings is 1. The highest BCUT2D eigenvalue weighted by atomic mass is 19.1. The molecule has 0 aromatic heterocycles. The van der Waals surface area contributed by atoms with Crippen molar-refractivity contribution in [1.82, 2.24) is 9.80 Å². The third kappa shape index (κ3) is 2.63. The van der Waals surface area contributed by atoms with Gasteiger partial charge in [-0.3, -0.25) is 9.59 Å². The average molecular weight is 345 g/mol. The first kappa shape index (κ1) is 16.5. The monoisotopic (exact) mass is 345 g/mol. The number of nitrogens with zero attached hydrogens (tertiary/aromatic N) is 2. The fraction of sp³-hybridized carbons (Fsp3) is 0.579. The summed E-state index contributed by atoms with van der Waals surface area (Å²) < 4.78 is 13.9. The number of fused-ring (bicyclic) bond motifs is 1. The Morgan fingerprint density at radius 3 is 2.40 bits per heavy atom. The normalized spacial score (nSPS) is 25.1. The second kappa shape index (κ2) is 6.09. The van der Waals surface area contributed by atoms with Crippen molar-refractivity contribution in [2.45, 2.75) is 57.2 Å². The standard InChI is InChI=1S/C19H24FN3O2/c1-11-15-9-12(20)10-16(18(21)24)17(15)19(25)23(11)14-5-7-22(8-6-14)13-3-2-4-13/h9-11,13-14H,2-8H2,1H3,(H2,21,24). The van der Waals surface area contributed by atoms with Crippen LogP contribution in [0.25, 0.3) is 0 Å². The molecule has 1 saturated carbocycles. The molecule has 25 heavy (non-hydrogen) atoms. The molecule has 1 saturated heterocycles. The maximum Gasteiger partial charge on any atom is 0.255 e. The van der Waals surface area contributed by atoms with Gasteiger partial charge >= 0.3 is 0 Å². The van der Waals surface area contributed by atoms with Crippen molar-refractivity contribution in [2.24, 2.45) is 5.73 Å². The van der Waals surface area contributed by atoms with Crippen LogP contribution in [0, 0.1) is 5.82 Å². The van der Waals surface area contributed by atoms with E-state index in [1.54, 1.807) is 0 Å². The first-order valence-corrected chi connectivity index (χ1v) is 9.17. The first-order valence-electron chi connectivity index (χ1n) is 9.17. The second-order valence-corrected chi connectivity index (χ2v) is 7.52. The topological polar surface area (TPSA) is 66.6 Å². The van der Waals surface area contributed by atoms with Gasteiger partial charge in [0.1, 0.15) is 5.82 Å². The molecule has 0 spiro atoms. The fourth-order valence-electron chi connectivity index (χ4n) is 4.61. The molecule has 1 aromatic rings. The summed E-state index contributed by atoms with van der Waals surface area (Å²) in [5, 5.41) is 0. The molecular weight excluding hydrogens is 321 g/mol. The van der Waals surface area contributed by atoms with Gasteiger partial charge in [0.15, 0.2) is 0 Å². The van der Waals surface area contributed by atoms with E-state index in [0.29, 0.717) is 11.1 Å². The van der Waals surface area contributed by atoms with Crippen LogP contribution in [0.2, 0.25) is 0 Å². The summed E-state index contributed by atoms with van der Waals surface area (Å²) in [6.07, 6.45) is 5.75. The van der Waals surface area contributed by atoms with Crippen LogP contribution in [-0.2, 0) is 0 Å². The summed E-state index contributed by atoms with van der Waals surface area (Å²) in [6.45, 7) is 3.91. The van der Waals surface area contributed by atoms with E-state index in [4.69, 9.17) is 5.73 Å². The van der Waals surface area contributed by atoms with Crippen LogP contribution < -0.4 is 5.73 Å². The van der Waals surface area contributed by atoms with Crippen molar-refractivity contribution in [1.29, 1.82) is 0 Å². The van der Waals surface area contributed by atoms with Gasteiger partial charge in [-0.2, -0.15) is 0 Å². The van der Waals surface area contributed by atoms with Crippen LogP contribution in [0.5, 0.6) is 0 Å². The van der Waals surface area contributed by atoms with E-state index in [9.17, 15) is 14.0 Å². The molecule has 2 fully saturated rings. The Balaban J connectivity index is 1.57. The van der Waals surface area contributed by atoms with Gasteiger partial charge in [-0.05, 0) is 50.3 Å². The lowest BCUT2D eigenvalue weighted by atomic mass is 9.89. The molecule has 1 unspecified atom stereocenters. The van der Waals surface area contributed by atoms with Gasteiger partial charge in [-0.15, -0.1) is 0 Å². The smallest absolute Gasteiger partial charge is 0.255 e. The second-order valence-electron chi connectivity index (χ2n) is 7.52. The number of hydrogen-bond donors (Lipinski definition) is 1. The van der Waals surface area contributed by atoms with Crippen LogP contribution in [0.3, 0.4) is 0 Å². The Morgan fingerprint density at radius 2 is 1.84 bits per heavy atom. The number of likely N-dealkylation sites (tertiary alicyclic amines) is 1. The van der Waals surface area contributed by atoms with Gasteiger partial charge in [-0.25, -0.2) is 4.39 Å². The van der Waals surface area contributed by atoms with Crippen LogP contribution >= 0.6 is 0 Å². The van der Waals surface area contributed by atoms with E-state index in [0.717, 1.165) is 38.0 Å². The maximum absolute atomic E-state index is 13.9. The Morgan fingerprint density at radius 1 is 1.16 bits per heavy atom. The van der Waals surface area contributed by atoms with Gasteiger partial charge in [0.25, 0.3) is 5.91 Å². The van der Waals surface area contributed by atoms with Crippen molar-refractivity contribution in [2.75, 3.05) is 13.1 Å². The summed E-state index contributed by atoms with van der Waals surface area (Å²) in [5.74, 6) is -1.45. The summed E-state index contributed by atoms with van der Waals surface area (Å²) in [4.78, 5) is 29.1. The Labute approximate surface area is 147 Å². The number of halogens is 1. The zero-order valence-electron chi connectivity index (χ0n) is 14.5. The lowest BCUT2D eigenvalue weighted by molar-refractivity contribution is 0.0372. The van der Waals surface area contributed by atoms with E-state index in [1.807, 2.05) is 11.8 Å². The molecule has 2 heterocycles. The zero-order valence-corrected chi connectivity index (χ0v) is 14.5. The van der Waals surface area contributed by atoms with Crippen LogP contribution in [0.4, 0.5) is 4.39 Å². The molecule has 134 valence electrons. The molecular formula is C19H24FN3O2.